The first-order chi connectivity index (χ1) is 7.65. The lowest BCUT2D eigenvalue weighted by Crippen LogP contribution is -1.94. The molecule has 2 N–H and O–H groups in total. The highest BCUT2D eigenvalue weighted by Gasteiger charge is 2.05. The van der Waals surface area contributed by atoms with Crippen LogP contribution in [0, 0.1) is 6.92 Å². The van der Waals surface area contributed by atoms with Crippen molar-refractivity contribution in [2.24, 2.45) is 0 Å². The van der Waals surface area contributed by atoms with E-state index < -0.39 is 0 Å². The summed E-state index contributed by atoms with van der Waals surface area (Å²) in [4.78, 5) is 16.7. The van der Waals surface area contributed by atoms with Gasteiger partial charge >= 0.3 is 0 Å². The first kappa shape index (κ1) is 11.1. The Balaban J connectivity index is 2.26. The Bertz CT molecular complexity index is 502. The predicted molar refractivity (Wildman–Crippen MR) is 62.3 cm³/mol. The zero-order chi connectivity index (χ0) is 11.5. The van der Waals surface area contributed by atoms with Crippen LogP contribution in [0.3, 0.4) is 0 Å². The Morgan fingerprint density at radius 2 is 1.88 bits per heavy atom. The molecule has 0 amide bonds. The molecule has 0 fully saturated rings. The van der Waals surface area contributed by atoms with E-state index in [1.54, 1.807) is 18.6 Å². The van der Waals surface area contributed by atoms with Crippen molar-refractivity contribution in [3.05, 3.63) is 29.4 Å². The smallest absolute Gasteiger partial charge is 0.223 e. The summed E-state index contributed by atoms with van der Waals surface area (Å²) in [6, 6.07) is 0. The van der Waals surface area contributed by atoms with Gasteiger partial charge < -0.3 is 5.73 Å². The van der Waals surface area contributed by atoms with E-state index in [0.717, 1.165) is 15.5 Å². The molecule has 2 aromatic heterocycles. The van der Waals surface area contributed by atoms with Crippen molar-refractivity contribution in [1.82, 2.24) is 19.9 Å². The highest BCUT2D eigenvalue weighted by molar-refractivity contribution is 7.99. The van der Waals surface area contributed by atoms with Crippen molar-refractivity contribution in [2.75, 3.05) is 5.73 Å². The van der Waals surface area contributed by atoms with Crippen LogP contribution in [0.4, 0.5) is 5.95 Å². The Morgan fingerprint density at radius 1 is 1.19 bits per heavy atom. The Hall–Kier alpha value is -1.40. The molecule has 2 aromatic rings. The molecule has 0 unspecified atom stereocenters. The average molecular weight is 254 g/mol. The first-order valence-corrected chi connectivity index (χ1v) is 5.59. The molecule has 7 heteroatoms. The fraction of sp³-hybridized carbons (Fsp3) is 0.111. The second-order valence-electron chi connectivity index (χ2n) is 3.01. The molecule has 2 heterocycles. The third-order valence-electron chi connectivity index (χ3n) is 1.76. The predicted octanol–water partition coefficient (Wildman–Crippen LogP) is 1.96. The number of rotatable bonds is 2. The molecule has 0 saturated heterocycles. The van der Waals surface area contributed by atoms with Gasteiger partial charge in [0.2, 0.25) is 11.2 Å². The van der Waals surface area contributed by atoms with E-state index in [1.807, 2.05) is 6.92 Å². The van der Waals surface area contributed by atoms with Crippen LogP contribution in [0.2, 0.25) is 5.28 Å². The van der Waals surface area contributed by atoms with Crippen LogP contribution in [0.5, 0.6) is 0 Å². The second-order valence-corrected chi connectivity index (χ2v) is 4.41. The Kier molecular flexibility index (Phi) is 3.21. The van der Waals surface area contributed by atoms with Crippen LogP contribution in [-0.4, -0.2) is 19.9 Å². The van der Waals surface area contributed by atoms with E-state index in [2.05, 4.69) is 19.9 Å². The number of aromatic nitrogens is 4. The van der Waals surface area contributed by atoms with E-state index >= 15 is 0 Å². The summed E-state index contributed by atoms with van der Waals surface area (Å²) in [5, 5.41) is 1.01. The summed E-state index contributed by atoms with van der Waals surface area (Å²) in [6.07, 6.45) is 4.96. The van der Waals surface area contributed by atoms with Crippen molar-refractivity contribution in [1.29, 1.82) is 0 Å². The number of aryl methyl sites for hydroxylation is 1. The molecule has 0 radical (unpaired) electrons. The molecule has 82 valence electrons. The molecule has 0 bridgehead atoms. The monoisotopic (exact) mass is 253 g/mol. The topological polar surface area (TPSA) is 77.6 Å². The number of anilines is 1. The van der Waals surface area contributed by atoms with Crippen LogP contribution < -0.4 is 5.73 Å². The van der Waals surface area contributed by atoms with Gasteiger partial charge in [-0.2, -0.15) is 0 Å². The number of nitrogens with two attached hydrogens (primary N) is 1. The number of nitrogens with zero attached hydrogens (tertiary/aromatic N) is 4. The number of hydrogen-bond donors (Lipinski definition) is 1. The lowest BCUT2D eigenvalue weighted by Gasteiger charge is -2.03. The fourth-order valence-electron chi connectivity index (χ4n) is 1.000. The molecule has 0 aliphatic heterocycles. The SMILES string of the molecule is Cc1cnc(Cl)nc1Sc1cnc(N)nc1. The van der Waals surface area contributed by atoms with Gasteiger partial charge in [-0.15, -0.1) is 0 Å². The first-order valence-electron chi connectivity index (χ1n) is 4.39. The van der Waals surface area contributed by atoms with Crippen molar-refractivity contribution in [3.63, 3.8) is 0 Å². The van der Waals surface area contributed by atoms with Crippen LogP contribution in [-0.2, 0) is 0 Å². The summed E-state index contributed by atoms with van der Waals surface area (Å²) in [5.74, 6) is 0.252. The maximum atomic E-state index is 5.72. The summed E-state index contributed by atoms with van der Waals surface area (Å²) in [7, 11) is 0. The normalized spacial score (nSPS) is 10.4. The Morgan fingerprint density at radius 3 is 2.56 bits per heavy atom. The molecule has 2 rings (SSSR count). The molecule has 0 saturated carbocycles. The summed E-state index contributed by atoms with van der Waals surface area (Å²) < 4.78 is 0. The minimum Gasteiger partial charge on any atom is -0.368 e. The zero-order valence-electron chi connectivity index (χ0n) is 8.38. The summed E-state index contributed by atoms with van der Waals surface area (Å²) in [5.41, 5.74) is 6.35. The number of nitrogen functional groups attached to an aromatic ring is 1. The Labute approximate surface area is 101 Å². The van der Waals surface area contributed by atoms with Gasteiger partial charge in [0.1, 0.15) is 5.03 Å². The van der Waals surface area contributed by atoms with Crippen LogP contribution in [0.25, 0.3) is 0 Å². The van der Waals surface area contributed by atoms with Crippen LogP contribution in [0.1, 0.15) is 5.56 Å². The molecular formula is C9H8ClN5S. The average Bonchev–Trinajstić information content (AvgIpc) is 2.27. The van der Waals surface area contributed by atoms with E-state index in [1.165, 1.54) is 11.8 Å². The molecular weight excluding hydrogens is 246 g/mol. The van der Waals surface area contributed by atoms with Gasteiger partial charge in [0.25, 0.3) is 0 Å². The van der Waals surface area contributed by atoms with Gasteiger partial charge in [0.15, 0.2) is 0 Å². The van der Waals surface area contributed by atoms with Gasteiger partial charge in [-0.1, -0.05) is 11.8 Å². The minimum absolute atomic E-state index is 0.226. The zero-order valence-corrected chi connectivity index (χ0v) is 9.96. The van der Waals surface area contributed by atoms with E-state index in [0.29, 0.717) is 0 Å². The second kappa shape index (κ2) is 4.63. The van der Waals surface area contributed by atoms with Crippen molar-refractivity contribution >= 4 is 29.3 Å². The number of hydrogen-bond acceptors (Lipinski definition) is 6. The van der Waals surface area contributed by atoms with E-state index in [-0.39, 0.29) is 11.2 Å². The van der Waals surface area contributed by atoms with Crippen LogP contribution >= 0.6 is 23.4 Å². The van der Waals surface area contributed by atoms with Crippen LogP contribution in [0.15, 0.2) is 28.5 Å². The highest BCUT2D eigenvalue weighted by Crippen LogP contribution is 2.27. The fourth-order valence-corrected chi connectivity index (χ4v) is 1.96. The third kappa shape index (κ3) is 2.59. The molecule has 0 aromatic carbocycles. The van der Waals surface area contributed by atoms with Gasteiger partial charge in [-0.05, 0) is 18.5 Å². The molecule has 0 spiro atoms. The maximum Gasteiger partial charge on any atom is 0.223 e. The summed E-state index contributed by atoms with van der Waals surface area (Å²) >= 11 is 7.14. The minimum atomic E-state index is 0.226. The molecule has 16 heavy (non-hydrogen) atoms. The molecule has 0 atom stereocenters. The largest absolute Gasteiger partial charge is 0.368 e. The third-order valence-corrected chi connectivity index (χ3v) is 2.99. The van der Waals surface area contributed by atoms with Crippen molar-refractivity contribution in [3.8, 4) is 0 Å². The van der Waals surface area contributed by atoms with Crippen molar-refractivity contribution < 1.29 is 0 Å². The summed E-state index contributed by atoms with van der Waals surface area (Å²) in [6.45, 7) is 1.91. The quantitative estimate of drug-likeness (QED) is 0.651. The highest BCUT2D eigenvalue weighted by atomic mass is 35.5. The van der Waals surface area contributed by atoms with E-state index in [4.69, 9.17) is 17.3 Å². The van der Waals surface area contributed by atoms with Gasteiger partial charge in [-0.3, -0.25) is 0 Å². The standard InChI is InChI=1S/C9H8ClN5S/c1-5-2-12-8(10)15-7(5)16-6-3-13-9(11)14-4-6/h2-4H,1H3,(H2,11,13,14). The lowest BCUT2D eigenvalue weighted by molar-refractivity contribution is 1.00. The molecule has 0 aliphatic rings. The molecule has 5 nitrogen and oxygen atoms in total. The number of halogens is 1. The molecule has 0 aliphatic carbocycles. The van der Waals surface area contributed by atoms with Gasteiger partial charge in [0.05, 0.1) is 4.90 Å². The van der Waals surface area contributed by atoms with Gasteiger partial charge in [-0.25, -0.2) is 19.9 Å². The van der Waals surface area contributed by atoms with Gasteiger partial charge in [0, 0.05) is 24.2 Å². The van der Waals surface area contributed by atoms with E-state index in [9.17, 15) is 0 Å². The maximum absolute atomic E-state index is 5.72. The lowest BCUT2D eigenvalue weighted by atomic mass is 10.4. The van der Waals surface area contributed by atoms with Crippen molar-refractivity contribution in [2.45, 2.75) is 16.8 Å².